The molecule has 0 saturated carbocycles. The van der Waals surface area contributed by atoms with Crippen LogP contribution in [0.4, 0.5) is 4.39 Å². The molecule has 0 bridgehead atoms. The van der Waals surface area contributed by atoms with E-state index in [0.29, 0.717) is 24.0 Å². The van der Waals surface area contributed by atoms with Gasteiger partial charge in [-0.1, -0.05) is 18.5 Å². The first-order valence-electron chi connectivity index (χ1n) is 5.99. The number of hydrogen-bond acceptors (Lipinski definition) is 2. The molecule has 2 atom stereocenters. The molecule has 0 radical (unpaired) electrons. The first-order valence-corrected chi connectivity index (χ1v) is 6.36. The summed E-state index contributed by atoms with van der Waals surface area (Å²) in [6.45, 7) is 3.14. The van der Waals surface area contributed by atoms with Gasteiger partial charge in [0.2, 0.25) is 0 Å². The van der Waals surface area contributed by atoms with Crippen molar-refractivity contribution < 1.29 is 9.18 Å². The monoisotopic (exact) mass is 270 g/mol. The van der Waals surface area contributed by atoms with E-state index in [1.807, 2.05) is 0 Å². The standard InChI is InChI=1S/C13H16ClFN2O/c1-8-4-5-17(7-12(8)16)13(18)10-6-9(14)2-3-11(10)15/h2-3,6,8,12H,4-5,7,16H2,1H3. The Hall–Kier alpha value is -1.13. The lowest BCUT2D eigenvalue weighted by Gasteiger charge is -2.35. The van der Waals surface area contributed by atoms with Gasteiger partial charge in [-0.15, -0.1) is 0 Å². The summed E-state index contributed by atoms with van der Waals surface area (Å²) in [5, 5.41) is 0.356. The van der Waals surface area contributed by atoms with Gasteiger partial charge in [-0.25, -0.2) is 4.39 Å². The lowest BCUT2D eigenvalue weighted by Crippen LogP contribution is -2.49. The van der Waals surface area contributed by atoms with Crippen molar-refractivity contribution in [3.8, 4) is 0 Å². The van der Waals surface area contributed by atoms with Crippen LogP contribution in [0.1, 0.15) is 23.7 Å². The third kappa shape index (κ3) is 2.65. The summed E-state index contributed by atoms with van der Waals surface area (Å²) in [4.78, 5) is 13.8. The summed E-state index contributed by atoms with van der Waals surface area (Å²) in [6, 6.07) is 3.95. The van der Waals surface area contributed by atoms with Crippen molar-refractivity contribution in [2.75, 3.05) is 13.1 Å². The number of carbonyl (C=O) groups is 1. The lowest BCUT2D eigenvalue weighted by molar-refractivity contribution is 0.0667. The summed E-state index contributed by atoms with van der Waals surface area (Å²) < 4.78 is 13.6. The summed E-state index contributed by atoms with van der Waals surface area (Å²) in [6.07, 6.45) is 0.842. The SMILES string of the molecule is CC1CCN(C(=O)c2cc(Cl)ccc2F)CC1N. The summed E-state index contributed by atoms with van der Waals surface area (Å²) >= 11 is 5.79. The fourth-order valence-corrected chi connectivity index (χ4v) is 2.29. The van der Waals surface area contributed by atoms with Crippen LogP contribution >= 0.6 is 11.6 Å². The molecule has 3 nitrogen and oxygen atoms in total. The molecule has 2 rings (SSSR count). The molecule has 1 heterocycles. The number of halogens is 2. The van der Waals surface area contributed by atoms with Crippen molar-refractivity contribution in [3.63, 3.8) is 0 Å². The van der Waals surface area contributed by atoms with Gasteiger partial charge in [0.25, 0.3) is 5.91 Å². The second-order valence-electron chi connectivity index (χ2n) is 4.81. The molecule has 1 saturated heterocycles. The number of hydrogen-bond donors (Lipinski definition) is 1. The first kappa shape index (κ1) is 13.3. The molecule has 1 aliphatic rings. The van der Waals surface area contributed by atoms with E-state index in [1.54, 1.807) is 4.90 Å². The smallest absolute Gasteiger partial charge is 0.256 e. The number of rotatable bonds is 1. The van der Waals surface area contributed by atoms with E-state index in [9.17, 15) is 9.18 Å². The zero-order valence-electron chi connectivity index (χ0n) is 10.2. The lowest BCUT2D eigenvalue weighted by atomic mass is 9.94. The minimum Gasteiger partial charge on any atom is -0.337 e. The van der Waals surface area contributed by atoms with Crippen LogP contribution in [0.5, 0.6) is 0 Å². The molecule has 0 aliphatic carbocycles. The van der Waals surface area contributed by atoms with E-state index in [1.165, 1.54) is 18.2 Å². The molecular weight excluding hydrogens is 255 g/mol. The number of carbonyl (C=O) groups excluding carboxylic acids is 1. The first-order chi connectivity index (χ1) is 8.49. The zero-order chi connectivity index (χ0) is 13.3. The molecule has 0 spiro atoms. The fourth-order valence-electron chi connectivity index (χ4n) is 2.12. The van der Waals surface area contributed by atoms with Crippen LogP contribution in [0.3, 0.4) is 0 Å². The average molecular weight is 271 g/mol. The Kier molecular flexibility index (Phi) is 3.88. The van der Waals surface area contributed by atoms with Gasteiger partial charge in [-0.2, -0.15) is 0 Å². The van der Waals surface area contributed by atoms with E-state index < -0.39 is 5.82 Å². The van der Waals surface area contributed by atoms with Crippen LogP contribution < -0.4 is 5.73 Å². The molecule has 2 N–H and O–H groups in total. The Morgan fingerprint density at radius 1 is 1.56 bits per heavy atom. The predicted octanol–water partition coefficient (Wildman–Crippen LogP) is 2.29. The Balaban J connectivity index is 2.19. The minimum absolute atomic E-state index is 0.0178. The number of likely N-dealkylation sites (tertiary alicyclic amines) is 1. The predicted molar refractivity (Wildman–Crippen MR) is 69.1 cm³/mol. The normalized spacial score (nSPS) is 24.1. The van der Waals surface area contributed by atoms with Crippen LogP contribution in [0.25, 0.3) is 0 Å². The number of piperidine rings is 1. The van der Waals surface area contributed by atoms with Gasteiger partial charge < -0.3 is 10.6 Å². The zero-order valence-corrected chi connectivity index (χ0v) is 11.0. The molecule has 1 aromatic carbocycles. The van der Waals surface area contributed by atoms with Crippen LogP contribution in [0.2, 0.25) is 5.02 Å². The van der Waals surface area contributed by atoms with Crippen molar-refractivity contribution in [2.45, 2.75) is 19.4 Å². The second-order valence-corrected chi connectivity index (χ2v) is 5.24. The van der Waals surface area contributed by atoms with Crippen molar-refractivity contribution >= 4 is 17.5 Å². The molecule has 1 aromatic rings. The van der Waals surface area contributed by atoms with Crippen molar-refractivity contribution in [1.82, 2.24) is 4.90 Å². The molecule has 98 valence electrons. The van der Waals surface area contributed by atoms with Crippen LogP contribution in [0.15, 0.2) is 18.2 Å². The Morgan fingerprint density at radius 3 is 2.94 bits per heavy atom. The highest BCUT2D eigenvalue weighted by Gasteiger charge is 2.28. The highest BCUT2D eigenvalue weighted by atomic mass is 35.5. The summed E-state index contributed by atoms with van der Waals surface area (Å²) in [5.41, 5.74) is 5.96. The summed E-state index contributed by atoms with van der Waals surface area (Å²) in [5.74, 6) is -0.493. The van der Waals surface area contributed by atoms with Gasteiger partial charge in [0.15, 0.2) is 0 Å². The minimum atomic E-state index is -0.545. The van der Waals surface area contributed by atoms with Crippen molar-refractivity contribution in [1.29, 1.82) is 0 Å². The van der Waals surface area contributed by atoms with Gasteiger partial charge in [0.05, 0.1) is 5.56 Å². The molecule has 18 heavy (non-hydrogen) atoms. The number of nitrogens with two attached hydrogens (primary N) is 1. The Labute approximate surface area is 111 Å². The quantitative estimate of drug-likeness (QED) is 0.851. The van der Waals surface area contributed by atoms with E-state index in [2.05, 4.69) is 6.92 Å². The fraction of sp³-hybridized carbons (Fsp3) is 0.462. The molecule has 1 fully saturated rings. The third-order valence-corrected chi connectivity index (χ3v) is 3.70. The highest BCUT2D eigenvalue weighted by molar-refractivity contribution is 6.31. The topological polar surface area (TPSA) is 46.3 Å². The van der Waals surface area contributed by atoms with Gasteiger partial charge in [-0.3, -0.25) is 4.79 Å². The Morgan fingerprint density at radius 2 is 2.28 bits per heavy atom. The van der Waals surface area contributed by atoms with Crippen molar-refractivity contribution in [3.05, 3.63) is 34.6 Å². The maximum absolute atomic E-state index is 13.6. The van der Waals surface area contributed by atoms with Gasteiger partial charge in [-0.05, 0) is 30.5 Å². The molecule has 5 heteroatoms. The second kappa shape index (κ2) is 5.24. The van der Waals surface area contributed by atoms with Gasteiger partial charge in [0.1, 0.15) is 5.82 Å². The summed E-state index contributed by atoms with van der Waals surface area (Å²) in [7, 11) is 0. The number of nitrogens with zero attached hydrogens (tertiary/aromatic N) is 1. The van der Waals surface area contributed by atoms with Gasteiger partial charge >= 0.3 is 0 Å². The number of benzene rings is 1. The largest absolute Gasteiger partial charge is 0.337 e. The van der Waals surface area contributed by atoms with Crippen molar-refractivity contribution in [2.24, 2.45) is 11.7 Å². The van der Waals surface area contributed by atoms with E-state index in [0.717, 1.165) is 6.42 Å². The van der Waals surface area contributed by atoms with E-state index >= 15 is 0 Å². The van der Waals surface area contributed by atoms with Crippen LogP contribution in [-0.4, -0.2) is 29.9 Å². The maximum atomic E-state index is 13.6. The van der Waals surface area contributed by atoms with Gasteiger partial charge in [0, 0.05) is 24.2 Å². The van der Waals surface area contributed by atoms with Crippen LogP contribution in [-0.2, 0) is 0 Å². The Bertz CT molecular complexity index is 466. The molecule has 1 aliphatic heterocycles. The molecule has 2 unspecified atom stereocenters. The third-order valence-electron chi connectivity index (χ3n) is 3.46. The maximum Gasteiger partial charge on any atom is 0.256 e. The molecule has 0 aromatic heterocycles. The molecular formula is C13H16ClFN2O. The van der Waals surface area contributed by atoms with E-state index in [4.69, 9.17) is 17.3 Å². The highest BCUT2D eigenvalue weighted by Crippen LogP contribution is 2.21. The van der Waals surface area contributed by atoms with E-state index in [-0.39, 0.29) is 17.5 Å². The number of amides is 1. The molecule has 1 amide bonds. The average Bonchev–Trinajstić information content (AvgIpc) is 2.35. The van der Waals surface area contributed by atoms with Crippen LogP contribution in [0, 0.1) is 11.7 Å².